The molecular formula is C22H15Br2F2N3O4. The first-order valence-electron chi connectivity index (χ1n) is 9.18. The normalized spacial score (nSPS) is 15.9. The number of hydrogen-bond donors (Lipinski definition) is 1. The van der Waals surface area contributed by atoms with E-state index in [4.69, 9.17) is 15.2 Å². The van der Waals surface area contributed by atoms with Gasteiger partial charge in [0.15, 0.2) is 11.6 Å². The van der Waals surface area contributed by atoms with Crippen LogP contribution in [0.4, 0.5) is 14.5 Å². The molecule has 1 heterocycles. The summed E-state index contributed by atoms with van der Waals surface area (Å²) in [6, 6.07) is 11.2. The second kappa shape index (κ2) is 9.72. The van der Waals surface area contributed by atoms with Gasteiger partial charge in [0.2, 0.25) is 0 Å². The number of halogens is 4. The smallest absolute Gasteiger partial charge is 0.355 e. The van der Waals surface area contributed by atoms with Crippen LogP contribution in [0.1, 0.15) is 11.5 Å². The number of carbonyl (C=O) groups excluding carboxylic acids is 2. The highest BCUT2D eigenvalue weighted by molar-refractivity contribution is 9.11. The van der Waals surface area contributed by atoms with Crippen LogP contribution in [-0.2, 0) is 19.1 Å². The molecule has 11 heteroatoms. The lowest BCUT2D eigenvalue weighted by Crippen LogP contribution is -2.41. The van der Waals surface area contributed by atoms with Gasteiger partial charge in [-0.2, -0.15) is 5.26 Å². The number of esters is 2. The van der Waals surface area contributed by atoms with E-state index in [0.29, 0.717) is 5.56 Å². The number of anilines is 1. The lowest BCUT2D eigenvalue weighted by atomic mass is 9.81. The molecule has 0 bridgehead atoms. The fourth-order valence-electron chi connectivity index (χ4n) is 3.51. The standard InChI is InChI=1S/C22H15Br2F2N3O4/c1-32-21(30)15-14(10-6-4-3-5-7-10)11(9-27)20(28)29(19(15)22(31)33-2)18-12(23)8-13(25)17(26)16(18)24/h3-8,14H,28H2,1-2H3. The van der Waals surface area contributed by atoms with E-state index in [0.717, 1.165) is 25.2 Å². The van der Waals surface area contributed by atoms with E-state index in [9.17, 15) is 23.6 Å². The minimum atomic E-state index is -1.27. The highest BCUT2D eigenvalue weighted by atomic mass is 79.9. The van der Waals surface area contributed by atoms with Crippen molar-refractivity contribution in [2.45, 2.75) is 5.92 Å². The van der Waals surface area contributed by atoms with Crippen LogP contribution in [0.3, 0.4) is 0 Å². The molecule has 2 aromatic carbocycles. The molecule has 7 nitrogen and oxygen atoms in total. The molecule has 0 spiro atoms. The molecule has 0 aliphatic carbocycles. The van der Waals surface area contributed by atoms with Crippen molar-refractivity contribution in [2.75, 3.05) is 19.1 Å². The topological polar surface area (TPSA) is 106 Å². The van der Waals surface area contributed by atoms with Gasteiger partial charge in [-0.1, -0.05) is 30.3 Å². The van der Waals surface area contributed by atoms with Crippen LogP contribution in [-0.4, -0.2) is 26.2 Å². The zero-order chi connectivity index (χ0) is 24.4. The fraction of sp³-hybridized carbons (Fsp3) is 0.136. The average Bonchev–Trinajstić information content (AvgIpc) is 2.82. The van der Waals surface area contributed by atoms with E-state index < -0.39 is 39.7 Å². The summed E-state index contributed by atoms with van der Waals surface area (Å²) in [5.74, 6) is -5.78. The van der Waals surface area contributed by atoms with Crippen LogP contribution in [0.5, 0.6) is 0 Å². The molecule has 3 rings (SSSR count). The quantitative estimate of drug-likeness (QED) is 0.324. The Balaban J connectivity index is 2.50. The van der Waals surface area contributed by atoms with Gasteiger partial charge in [0.05, 0.1) is 47.5 Å². The number of hydrogen-bond acceptors (Lipinski definition) is 7. The van der Waals surface area contributed by atoms with Crippen LogP contribution in [0.25, 0.3) is 0 Å². The number of nitriles is 1. The van der Waals surface area contributed by atoms with Crippen molar-refractivity contribution in [1.82, 2.24) is 0 Å². The summed E-state index contributed by atoms with van der Waals surface area (Å²) in [4.78, 5) is 26.9. The molecule has 1 atom stereocenters. The van der Waals surface area contributed by atoms with Gasteiger partial charge >= 0.3 is 11.9 Å². The molecule has 0 aromatic heterocycles. The Bertz CT molecular complexity index is 1260. The van der Waals surface area contributed by atoms with E-state index in [1.165, 1.54) is 0 Å². The van der Waals surface area contributed by atoms with E-state index in [1.807, 2.05) is 6.07 Å². The maximum atomic E-state index is 14.5. The molecule has 2 N–H and O–H groups in total. The summed E-state index contributed by atoms with van der Waals surface area (Å²) in [5.41, 5.74) is 5.86. The van der Waals surface area contributed by atoms with Crippen LogP contribution in [0.15, 0.2) is 68.0 Å². The molecule has 1 unspecified atom stereocenters. The molecule has 1 aliphatic heterocycles. The summed E-state index contributed by atoms with van der Waals surface area (Å²) in [7, 11) is 2.18. The van der Waals surface area contributed by atoms with Gasteiger partial charge < -0.3 is 15.2 Å². The number of rotatable bonds is 4. The lowest BCUT2D eigenvalue weighted by molar-refractivity contribution is -0.139. The van der Waals surface area contributed by atoms with Gasteiger partial charge in [0.1, 0.15) is 11.5 Å². The summed E-state index contributed by atoms with van der Waals surface area (Å²) in [5, 5.41) is 9.99. The average molecular weight is 583 g/mol. The Kier molecular flexibility index (Phi) is 7.19. The van der Waals surface area contributed by atoms with E-state index in [-0.39, 0.29) is 27.1 Å². The third-order valence-corrected chi connectivity index (χ3v) is 6.25. The monoisotopic (exact) mass is 581 g/mol. The second-order valence-electron chi connectivity index (χ2n) is 6.65. The van der Waals surface area contributed by atoms with Crippen LogP contribution in [0.2, 0.25) is 0 Å². The Morgan fingerprint density at radius 1 is 1.12 bits per heavy atom. The van der Waals surface area contributed by atoms with E-state index in [2.05, 4.69) is 31.9 Å². The van der Waals surface area contributed by atoms with Crippen LogP contribution in [0, 0.1) is 23.0 Å². The molecule has 1 aliphatic rings. The highest BCUT2D eigenvalue weighted by Crippen LogP contribution is 2.47. The molecular weight excluding hydrogens is 568 g/mol. The summed E-state index contributed by atoms with van der Waals surface area (Å²) in [6.45, 7) is 0. The van der Waals surface area contributed by atoms with Gasteiger partial charge in [-0.3, -0.25) is 4.90 Å². The predicted molar refractivity (Wildman–Crippen MR) is 121 cm³/mol. The minimum Gasteiger partial charge on any atom is -0.466 e. The zero-order valence-electron chi connectivity index (χ0n) is 17.2. The highest BCUT2D eigenvalue weighted by Gasteiger charge is 2.44. The maximum absolute atomic E-state index is 14.5. The van der Waals surface area contributed by atoms with Gasteiger partial charge in [0, 0.05) is 4.47 Å². The van der Waals surface area contributed by atoms with Crippen molar-refractivity contribution in [3.05, 3.63) is 85.2 Å². The molecule has 0 amide bonds. The molecule has 0 fully saturated rings. The van der Waals surface area contributed by atoms with Crippen LogP contribution < -0.4 is 10.6 Å². The van der Waals surface area contributed by atoms with Gasteiger partial charge in [-0.15, -0.1) is 0 Å². The van der Waals surface area contributed by atoms with Crippen molar-refractivity contribution in [1.29, 1.82) is 5.26 Å². The number of nitrogens with two attached hydrogens (primary N) is 1. The summed E-state index contributed by atoms with van der Waals surface area (Å²) >= 11 is 6.12. The third-order valence-electron chi connectivity index (χ3n) is 4.92. The number of nitrogens with zero attached hydrogens (tertiary/aromatic N) is 2. The Morgan fingerprint density at radius 3 is 2.27 bits per heavy atom. The second-order valence-corrected chi connectivity index (χ2v) is 8.30. The minimum absolute atomic E-state index is 0.0164. The first-order valence-corrected chi connectivity index (χ1v) is 10.8. The number of allylic oxidation sites excluding steroid dienone is 1. The first-order chi connectivity index (χ1) is 15.7. The first kappa shape index (κ1) is 24.4. The third kappa shape index (κ3) is 4.12. The Labute approximate surface area is 204 Å². The van der Waals surface area contributed by atoms with Crippen molar-refractivity contribution in [2.24, 2.45) is 5.73 Å². The Morgan fingerprint density at radius 2 is 1.73 bits per heavy atom. The van der Waals surface area contributed by atoms with Crippen molar-refractivity contribution in [3.63, 3.8) is 0 Å². The molecule has 2 aromatic rings. The largest absolute Gasteiger partial charge is 0.466 e. The zero-order valence-corrected chi connectivity index (χ0v) is 20.3. The number of carbonyl (C=O) groups is 2. The van der Waals surface area contributed by atoms with Crippen molar-refractivity contribution >= 4 is 49.5 Å². The van der Waals surface area contributed by atoms with Gasteiger partial charge in [-0.25, -0.2) is 18.4 Å². The summed E-state index contributed by atoms with van der Waals surface area (Å²) in [6.07, 6.45) is 0. The van der Waals surface area contributed by atoms with Crippen molar-refractivity contribution < 1.29 is 27.8 Å². The summed E-state index contributed by atoms with van der Waals surface area (Å²) < 4.78 is 37.9. The SMILES string of the molecule is COC(=O)C1=C(C(=O)OC)N(c2c(Br)cc(F)c(F)c2Br)C(N)=C(C#N)C1c1ccccc1. The number of benzene rings is 2. The van der Waals surface area contributed by atoms with Gasteiger partial charge in [0.25, 0.3) is 0 Å². The van der Waals surface area contributed by atoms with E-state index in [1.54, 1.807) is 30.3 Å². The fourth-order valence-corrected chi connectivity index (χ4v) is 4.93. The molecule has 0 saturated heterocycles. The predicted octanol–water partition coefficient (Wildman–Crippen LogP) is 4.39. The lowest BCUT2D eigenvalue weighted by Gasteiger charge is -2.36. The van der Waals surface area contributed by atoms with Crippen LogP contribution >= 0.6 is 31.9 Å². The molecule has 170 valence electrons. The van der Waals surface area contributed by atoms with Crippen molar-refractivity contribution in [3.8, 4) is 6.07 Å². The van der Waals surface area contributed by atoms with Gasteiger partial charge in [-0.05, 0) is 43.5 Å². The molecule has 0 radical (unpaired) electrons. The maximum Gasteiger partial charge on any atom is 0.355 e. The number of methoxy groups -OCH3 is 2. The molecule has 0 saturated carbocycles. The molecule has 33 heavy (non-hydrogen) atoms. The number of ether oxygens (including phenoxy) is 2. The van der Waals surface area contributed by atoms with E-state index >= 15 is 0 Å². The Hall–Kier alpha value is -3.23.